The van der Waals surface area contributed by atoms with E-state index in [0.29, 0.717) is 0 Å². The fourth-order valence-corrected chi connectivity index (χ4v) is 6.99. The van der Waals surface area contributed by atoms with Crippen LogP contribution < -0.4 is 5.32 Å². The molecule has 0 amide bonds. The van der Waals surface area contributed by atoms with Gasteiger partial charge in [-0.3, -0.25) is 0 Å². The van der Waals surface area contributed by atoms with Gasteiger partial charge in [0.15, 0.2) is 0 Å². The summed E-state index contributed by atoms with van der Waals surface area (Å²) in [5.74, 6) is 0. The molecular weight excluding hydrogens is 502 g/mol. The van der Waals surface area contributed by atoms with Crippen LogP contribution in [0, 0.1) is 0 Å². The Bertz CT molecular complexity index is 2160. The van der Waals surface area contributed by atoms with Crippen LogP contribution >= 0.6 is 11.3 Å². The molecule has 0 unspecified atom stereocenters. The molecule has 8 aromatic rings. The number of hydrogen-bond donors (Lipinski definition) is 1. The lowest BCUT2D eigenvalue weighted by atomic mass is 9.98. The summed E-state index contributed by atoms with van der Waals surface area (Å²) in [6.07, 6.45) is 0. The lowest BCUT2D eigenvalue weighted by Gasteiger charge is -2.11. The molecule has 1 N–H and O–H groups in total. The number of nitrogens with one attached hydrogen (secondary N) is 1. The lowest BCUT2D eigenvalue weighted by molar-refractivity contribution is 1.56. The zero-order chi connectivity index (χ0) is 26.5. The van der Waals surface area contributed by atoms with Gasteiger partial charge >= 0.3 is 0 Å². The van der Waals surface area contributed by atoms with Crippen LogP contribution in [0.5, 0.6) is 0 Å². The van der Waals surface area contributed by atoms with Crippen LogP contribution in [-0.4, -0.2) is 0 Å². The van der Waals surface area contributed by atoms with Crippen molar-refractivity contribution in [3.05, 3.63) is 146 Å². The van der Waals surface area contributed by atoms with Gasteiger partial charge in [-0.15, -0.1) is 11.3 Å². The van der Waals surface area contributed by atoms with E-state index in [0.717, 1.165) is 11.4 Å². The van der Waals surface area contributed by atoms with Gasteiger partial charge in [-0.1, -0.05) is 115 Å². The summed E-state index contributed by atoms with van der Waals surface area (Å²) >= 11 is 1.89. The summed E-state index contributed by atoms with van der Waals surface area (Å²) in [5, 5.41) is 11.4. The molecular formula is C38H25NS. The number of thiophene rings is 1. The van der Waals surface area contributed by atoms with E-state index in [1.807, 2.05) is 11.3 Å². The molecule has 0 saturated heterocycles. The van der Waals surface area contributed by atoms with E-state index in [4.69, 9.17) is 0 Å². The van der Waals surface area contributed by atoms with Gasteiger partial charge in [0.2, 0.25) is 0 Å². The molecule has 2 heteroatoms. The van der Waals surface area contributed by atoms with E-state index in [9.17, 15) is 0 Å². The Kier molecular flexibility index (Phi) is 5.39. The van der Waals surface area contributed by atoms with E-state index in [-0.39, 0.29) is 0 Å². The van der Waals surface area contributed by atoms with Crippen molar-refractivity contribution in [3.63, 3.8) is 0 Å². The predicted octanol–water partition coefficient (Wildman–Crippen LogP) is 11.4. The highest BCUT2D eigenvalue weighted by Crippen LogP contribution is 2.40. The molecule has 1 nitrogen and oxygen atoms in total. The Morgan fingerprint density at radius 3 is 1.77 bits per heavy atom. The summed E-state index contributed by atoms with van der Waals surface area (Å²) in [4.78, 5) is 0. The van der Waals surface area contributed by atoms with Crippen molar-refractivity contribution in [1.29, 1.82) is 0 Å². The molecule has 0 radical (unpaired) electrons. The Balaban J connectivity index is 1.07. The maximum Gasteiger partial charge on any atom is 0.0463 e. The number of fused-ring (bicyclic) bond motifs is 6. The van der Waals surface area contributed by atoms with Gasteiger partial charge in [0.25, 0.3) is 0 Å². The molecule has 1 aromatic heterocycles. The Hall–Kier alpha value is -4.92. The van der Waals surface area contributed by atoms with Crippen molar-refractivity contribution in [2.75, 3.05) is 5.32 Å². The Labute approximate surface area is 237 Å². The summed E-state index contributed by atoms with van der Waals surface area (Å²) < 4.78 is 2.71. The second-order valence-corrected chi connectivity index (χ2v) is 11.3. The molecule has 1 heterocycles. The zero-order valence-electron chi connectivity index (χ0n) is 21.8. The first-order valence-corrected chi connectivity index (χ1v) is 14.4. The third-order valence-electron chi connectivity index (χ3n) is 7.87. The molecule has 0 spiro atoms. The molecule has 0 aliphatic carbocycles. The monoisotopic (exact) mass is 527 g/mol. The fraction of sp³-hybridized carbons (Fsp3) is 0. The summed E-state index contributed by atoms with van der Waals surface area (Å²) in [7, 11) is 0. The maximum absolute atomic E-state index is 3.59. The van der Waals surface area contributed by atoms with Gasteiger partial charge in [0, 0.05) is 36.9 Å². The van der Waals surface area contributed by atoms with Crippen LogP contribution in [0.3, 0.4) is 0 Å². The van der Waals surface area contributed by atoms with Crippen molar-refractivity contribution in [2.24, 2.45) is 0 Å². The van der Waals surface area contributed by atoms with E-state index < -0.39 is 0 Å². The number of hydrogen-bond acceptors (Lipinski definition) is 2. The largest absolute Gasteiger partial charge is 0.355 e. The maximum atomic E-state index is 3.59. The molecule has 0 bridgehead atoms. The number of anilines is 2. The minimum atomic E-state index is 1.08. The van der Waals surface area contributed by atoms with Crippen LogP contribution in [0.1, 0.15) is 0 Å². The molecule has 0 aliphatic rings. The summed E-state index contributed by atoms with van der Waals surface area (Å²) in [6, 6.07) is 52.6. The number of benzene rings is 7. The van der Waals surface area contributed by atoms with E-state index in [1.165, 1.54) is 64.0 Å². The molecule has 7 aromatic carbocycles. The van der Waals surface area contributed by atoms with Gasteiger partial charge in [-0.2, -0.15) is 0 Å². The van der Waals surface area contributed by atoms with Crippen molar-refractivity contribution >= 4 is 64.4 Å². The average molecular weight is 528 g/mol. The first-order valence-electron chi connectivity index (χ1n) is 13.6. The van der Waals surface area contributed by atoms with Gasteiger partial charge in [-0.25, -0.2) is 0 Å². The highest BCUT2D eigenvalue weighted by atomic mass is 32.1. The van der Waals surface area contributed by atoms with Crippen LogP contribution in [-0.2, 0) is 0 Å². The third-order valence-corrected chi connectivity index (χ3v) is 9.09. The van der Waals surface area contributed by atoms with Crippen molar-refractivity contribution in [2.45, 2.75) is 0 Å². The van der Waals surface area contributed by atoms with Crippen molar-refractivity contribution < 1.29 is 0 Å². The molecule has 0 fully saturated rings. The van der Waals surface area contributed by atoms with E-state index >= 15 is 0 Å². The molecule has 0 aliphatic heterocycles. The molecule has 188 valence electrons. The average Bonchev–Trinajstić information content (AvgIpc) is 3.40. The standard InChI is InChI=1S/C38H25NS/c1-3-9-32-28(6-1)8-5-11-36(32)39-31-20-16-26(17-21-31)25-12-14-27(15-13-25)30-19-23-37-35(24-30)34-22-18-29-7-2-4-10-33(29)38(34)40-37/h1-24,39H. The second-order valence-electron chi connectivity index (χ2n) is 10.3. The van der Waals surface area contributed by atoms with E-state index in [2.05, 4.69) is 151 Å². The van der Waals surface area contributed by atoms with Crippen LogP contribution in [0.2, 0.25) is 0 Å². The van der Waals surface area contributed by atoms with Gasteiger partial charge in [0.05, 0.1) is 0 Å². The Morgan fingerprint density at radius 1 is 0.400 bits per heavy atom. The highest BCUT2D eigenvalue weighted by Gasteiger charge is 2.10. The van der Waals surface area contributed by atoms with Crippen molar-refractivity contribution in [1.82, 2.24) is 0 Å². The summed E-state index contributed by atoms with van der Waals surface area (Å²) in [6.45, 7) is 0. The van der Waals surface area contributed by atoms with E-state index in [1.54, 1.807) is 0 Å². The topological polar surface area (TPSA) is 12.0 Å². The lowest BCUT2D eigenvalue weighted by Crippen LogP contribution is -1.91. The van der Waals surface area contributed by atoms with Crippen LogP contribution in [0.4, 0.5) is 11.4 Å². The first-order chi connectivity index (χ1) is 19.8. The minimum Gasteiger partial charge on any atom is -0.355 e. The van der Waals surface area contributed by atoms with Gasteiger partial charge in [0.1, 0.15) is 0 Å². The quantitative estimate of drug-likeness (QED) is 0.240. The minimum absolute atomic E-state index is 1.08. The molecule has 40 heavy (non-hydrogen) atoms. The summed E-state index contributed by atoms with van der Waals surface area (Å²) in [5.41, 5.74) is 7.12. The molecule has 8 rings (SSSR count). The molecule has 0 atom stereocenters. The second kappa shape index (κ2) is 9.37. The first kappa shape index (κ1) is 23.0. The van der Waals surface area contributed by atoms with Crippen molar-refractivity contribution in [3.8, 4) is 22.3 Å². The van der Waals surface area contributed by atoms with Gasteiger partial charge in [-0.05, 0) is 68.7 Å². The smallest absolute Gasteiger partial charge is 0.0463 e. The van der Waals surface area contributed by atoms with Crippen LogP contribution in [0.15, 0.2) is 146 Å². The highest BCUT2D eigenvalue weighted by molar-refractivity contribution is 7.26. The van der Waals surface area contributed by atoms with Crippen LogP contribution in [0.25, 0.3) is 64.0 Å². The normalized spacial score (nSPS) is 11.5. The number of rotatable bonds is 4. The predicted molar refractivity (Wildman–Crippen MR) is 175 cm³/mol. The zero-order valence-corrected chi connectivity index (χ0v) is 22.6. The van der Waals surface area contributed by atoms with Gasteiger partial charge < -0.3 is 5.32 Å². The Morgan fingerprint density at radius 2 is 1.00 bits per heavy atom. The molecule has 0 saturated carbocycles. The third kappa shape index (κ3) is 3.93. The fourth-order valence-electron chi connectivity index (χ4n) is 5.78. The SMILES string of the molecule is c1ccc2c(Nc3ccc(-c4ccc(-c5ccc6sc7c8ccccc8ccc7c6c5)cc4)cc3)cccc2c1.